The van der Waals surface area contributed by atoms with Crippen molar-refractivity contribution in [3.63, 3.8) is 0 Å². The largest absolute Gasteiger partial charge is 0.339 e. The molecule has 128 valence electrons. The van der Waals surface area contributed by atoms with Gasteiger partial charge in [0, 0.05) is 30.3 Å². The second-order valence-electron chi connectivity index (χ2n) is 5.91. The molecule has 0 aromatic heterocycles. The molecular formula is C18H28N2O3. The number of carbonyl (C=O) groups excluding carboxylic acids is 1. The van der Waals surface area contributed by atoms with E-state index in [4.69, 9.17) is 0 Å². The first kappa shape index (κ1) is 19.1. The minimum atomic E-state index is -0.426. The maximum Gasteiger partial charge on any atom is 0.273 e. The molecule has 5 heteroatoms. The Morgan fingerprint density at radius 2 is 1.65 bits per heavy atom. The number of nitrogens with zero attached hydrogens (tertiary/aromatic N) is 2. The lowest BCUT2D eigenvalue weighted by molar-refractivity contribution is -0.385. The number of nitro benzene ring substituents is 1. The third-order valence-corrected chi connectivity index (χ3v) is 4.08. The summed E-state index contributed by atoms with van der Waals surface area (Å²) in [6, 6.07) is 4.73. The highest BCUT2D eigenvalue weighted by molar-refractivity contribution is 5.96. The molecular weight excluding hydrogens is 292 g/mol. The van der Waals surface area contributed by atoms with Crippen LogP contribution in [-0.2, 0) is 0 Å². The Morgan fingerprint density at radius 3 is 2.13 bits per heavy atom. The van der Waals surface area contributed by atoms with E-state index >= 15 is 0 Å². The average molecular weight is 320 g/mol. The molecule has 1 rings (SSSR count). The fourth-order valence-corrected chi connectivity index (χ4v) is 2.64. The Hall–Kier alpha value is -1.91. The van der Waals surface area contributed by atoms with Crippen LogP contribution in [0.3, 0.4) is 0 Å². The standard InChI is InChI=1S/C18H28N2O3/c1-4-6-8-13-19(14-9-7-5-2)18(21)16-11-10-12-17(15(16)3)20(22)23/h10-12H,4-9,13-14H2,1-3H3. The third-order valence-electron chi connectivity index (χ3n) is 4.08. The summed E-state index contributed by atoms with van der Waals surface area (Å²) in [4.78, 5) is 25.3. The minimum Gasteiger partial charge on any atom is -0.339 e. The van der Waals surface area contributed by atoms with Crippen molar-refractivity contribution < 1.29 is 9.72 Å². The van der Waals surface area contributed by atoms with E-state index in [0.717, 1.165) is 51.6 Å². The summed E-state index contributed by atoms with van der Waals surface area (Å²) in [7, 11) is 0. The van der Waals surface area contributed by atoms with Gasteiger partial charge in [0.1, 0.15) is 0 Å². The van der Waals surface area contributed by atoms with E-state index in [9.17, 15) is 14.9 Å². The van der Waals surface area contributed by atoms with Gasteiger partial charge in [-0.2, -0.15) is 0 Å². The lowest BCUT2D eigenvalue weighted by Gasteiger charge is -2.23. The summed E-state index contributed by atoms with van der Waals surface area (Å²) >= 11 is 0. The number of unbranched alkanes of at least 4 members (excludes halogenated alkanes) is 4. The van der Waals surface area contributed by atoms with Crippen LogP contribution in [0.15, 0.2) is 18.2 Å². The van der Waals surface area contributed by atoms with Crippen LogP contribution in [0.25, 0.3) is 0 Å². The van der Waals surface area contributed by atoms with E-state index in [2.05, 4.69) is 13.8 Å². The van der Waals surface area contributed by atoms with Crippen molar-refractivity contribution in [2.45, 2.75) is 59.3 Å². The Morgan fingerprint density at radius 1 is 1.09 bits per heavy atom. The smallest absolute Gasteiger partial charge is 0.273 e. The number of benzene rings is 1. The van der Waals surface area contributed by atoms with E-state index in [-0.39, 0.29) is 11.6 Å². The number of hydrogen-bond donors (Lipinski definition) is 0. The molecule has 0 heterocycles. The van der Waals surface area contributed by atoms with Gasteiger partial charge in [0.05, 0.1) is 4.92 Å². The van der Waals surface area contributed by atoms with E-state index in [0.29, 0.717) is 11.1 Å². The third kappa shape index (κ3) is 5.66. The quantitative estimate of drug-likeness (QED) is 0.356. The van der Waals surface area contributed by atoms with Gasteiger partial charge < -0.3 is 4.90 Å². The van der Waals surface area contributed by atoms with E-state index in [1.54, 1.807) is 19.1 Å². The van der Waals surface area contributed by atoms with Gasteiger partial charge in [0.2, 0.25) is 0 Å². The Balaban J connectivity index is 2.93. The Bertz CT molecular complexity index is 519. The first-order chi connectivity index (χ1) is 11.0. The van der Waals surface area contributed by atoms with Gasteiger partial charge in [0.15, 0.2) is 0 Å². The predicted molar refractivity (Wildman–Crippen MR) is 92.8 cm³/mol. The molecule has 0 saturated carbocycles. The number of rotatable bonds is 10. The highest BCUT2D eigenvalue weighted by Gasteiger charge is 2.21. The molecule has 0 atom stereocenters. The highest BCUT2D eigenvalue weighted by atomic mass is 16.6. The van der Waals surface area contributed by atoms with Crippen LogP contribution in [0.4, 0.5) is 5.69 Å². The molecule has 1 aromatic carbocycles. The fraction of sp³-hybridized carbons (Fsp3) is 0.611. The second-order valence-corrected chi connectivity index (χ2v) is 5.91. The zero-order valence-corrected chi connectivity index (χ0v) is 14.5. The van der Waals surface area contributed by atoms with Crippen molar-refractivity contribution in [2.75, 3.05) is 13.1 Å². The maximum absolute atomic E-state index is 12.8. The van der Waals surface area contributed by atoms with Crippen molar-refractivity contribution in [1.82, 2.24) is 4.90 Å². The van der Waals surface area contributed by atoms with E-state index in [1.165, 1.54) is 6.07 Å². The molecule has 23 heavy (non-hydrogen) atoms. The fourth-order valence-electron chi connectivity index (χ4n) is 2.64. The number of carbonyl (C=O) groups is 1. The number of hydrogen-bond acceptors (Lipinski definition) is 3. The van der Waals surface area contributed by atoms with Crippen LogP contribution in [0, 0.1) is 17.0 Å². The first-order valence-electron chi connectivity index (χ1n) is 8.56. The zero-order valence-electron chi connectivity index (χ0n) is 14.5. The minimum absolute atomic E-state index is 0.0120. The first-order valence-corrected chi connectivity index (χ1v) is 8.56. The lowest BCUT2D eigenvalue weighted by atomic mass is 10.0. The molecule has 0 fully saturated rings. The van der Waals surface area contributed by atoms with Gasteiger partial charge in [-0.15, -0.1) is 0 Å². The van der Waals surface area contributed by atoms with Gasteiger partial charge in [-0.05, 0) is 25.8 Å². The van der Waals surface area contributed by atoms with Crippen molar-refractivity contribution in [3.05, 3.63) is 39.4 Å². The predicted octanol–water partition coefficient (Wildman–Crippen LogP) is 4.73. The van der Waals surface area contributed by atoms with Crippen LogP contribution in [0.2, 0.25) is 0 Å². The Labute approximate surface area is 138 Å². The topological polar surface area (TPSA) is 63.5 Å². The van der Waals surface area contributed by atoms with Crippen LogP contribution in [-0.4, -0.2) is 28.8 Å². The molecule has 0 aliphatic carbocycles. The van der Waals surface area contributed by atoms with Crippen molar-refractivity contribution >= 4 is 11.6 Å². The molecule has 0 radical (unpaired) electrons. The van der Waals surface area contributed by atoms with E-state index < -0.39 is 4.92 Å². The molecule has 0 saturated heterocycles. The summed E-state index contributed by atoms with van der Waals surface area (Å²) in [6.07, 6.45) is 6.33. The molecule has 5 nitrogen and oxygen atoms in total. The van der Waals surface area contributed by atoms with Crippen LogP contribution in [0.1, 0.15) is 68.3 Å². The molecule has 0 spiro atoms. The van der Waals surface area contributed by atoms with Gasteiger partial charge in [-0.25, -0.2) is 0 Å². The average Bonchev–Trinajstić information content (AvgIpc) is 2.53. The molecule has 0 aliphatic heterocycles. The lowest BCUT2D eigenvalue weighted by Crippen LogP contribution is -2.33. The van der Waals surface area contributed by atoms with Gasteiger partial charge in [-0.1, -0.05) is 45.6 Å². The molecule has 1 amide bonds. The number of nitro groups is 1. The van der Waals surface area contributed by atoms with Crippen molar-refractivity contribution in [3.8, 4) is 0 Å². The highest BCUT2D eigenvalue weighted by Crippen LogP contribution is 2.22. The summed E-state index contributed by atoms with van der Waals surface area (Å²) in [6.45, 7) is 7.36. The molecule has 0 aliphatic rings. The van der Waals surface area contributed by atoms with Gasteiger partial charge in [-0.3, -0.25) is 14.9 Å². The monoisotopic (exact) mass is 320 g/mol. The van der Waals surface area contributed by atoms with Crippen molar-refractivity contribution in [1.29, 1.82) is 0 Å². The molecule has 1 aromatic rings. The van der Waals surface area contributed by atoms with Crippen molar-refractivity contribution in [2.24, 2.45) is 0 Å². The van der Waals surface area contributed by atoms with Gasteiger partial charge >= 0.3 is 0 Å². The molecule has 0 unspecified atom stereocenters. The van der Waals surface area contributed by atoms with Crippen LogP contribution in [0.5, 0.6) is 0 Å². The van der Waals surface area contributed by atoms with Gasteiger partial charge in [0.25, 0.3) is 11.6 Å². The maximum atomic E-state index is 12.8. The summed E-state index contributed by atoms with van der Waals surface area (Å²) in [5, 5.41) is 11.1. The van der Waals surface area contributed by atoms with E-state index in [1.807, 2.05) is 4.90 Å². The zero-order chi connectivity index (χ0) is 17.2. The molecule has 0 bridgehead atoms. The SMILES string of the molecule is CCCCCN(CCCCC)C(=O)c1cccc([N+](=O)[O-])c1C. The normalized spacial score (nSPS) is 10.6. The Kier molecular flexibility index (Phi) is 8.30. The molecule has 0 N–H and O–H groups in total. The van der Waals surface area contributed by atoms with Crippen LogP contribution >= 0.6 is 0 Å². The second kappa shape index (κ2) is 9.98. The number of amides is 1. The summed E-state index contributed by atoms with van der Waals surface area (Å²) in [5.74, 6) is -0.0848. The summed E-state index contributed by atoms with van der Waals surface area (Å²) < 4.78 is 0. The van der Waals surface area contributed by atoms with Crippen LogP contribution < -0.4 is 0 Å². The summed E-state index contributed by atoms with van der Waals surface area (Å²) in [5.41, 5.74) is 0.920.